The highest BCUT2D eigenvalue weighted by molar-refractivity contribution is 7.80. The summed E-state index contributed by atoms with van der Waals surface area (Å²) >= 11 is 5.21. The molecule has 1 aliphatic carbocycles. The maximum absolute atomic E-state index is 12.7. The van der Waals surface area contributed by atoms with Crippen LogP contribution in [0.2, 0.25) is 0 Å². The van der Waals surface area contributed by atoms with Gasteiger partial charge in [0.15, 0.2) is 5.11 Å². The maximum Gasteiger partial charge on any atom is 0.416 e. The van der Waals surface area contributed by atoms with Gasteiger partial charge in [-0.25, -0.2) is 4.68 Å². The molecule has 2 aromatic rings. The van der Waals surface area contributed by atoms with Gasteiger partial charge in [0.05, 0.1) is 17.8 Å². The fourth-order valence-electron chi connectivity index (χ4n) is 2.91. The van der Waals surface area contributed by atoms with Crippen molar-refractivity contribution >= 4 is 28.8 Å². The van der Waals surface area contributed by atoms with Crippen LogP contribution >= 0.6 is 12.2 Å². The van der Waals surface area contributed by atoms with Crippen LogP contribution in [0.5, 0.6) is 0 Å². The molecule has 3 rings (SSSR count). The van der Waals surface area contributed by atoms with Crippen molar-refractivity contribution in [2.45, 2.75) is 37.9 Å². The summed E-state index contributed by atoms with van der Waals surface area (Å²) in [5.74, 6) is 0.742. The lowest BCUT2D eigenvalue weighted by molar-refractivity contribution is -0.137. The van der Waals surface area contributed by atoms with Gasteiger partial charge >= 0.3 is 6.18 Å². The maximum atomic E-state index is 12.7. The highest BCUT2D eigenvalue weighted by Gasteiger charge is 2.30. The molecule has 1 heterocycles. The molecule has 0 bridgehead atoms. The van der Waals surface area contributed by atoms with E-state index in [-0.39, 0.29) is 10.8 Å². The number of rotatable bonds is 3. The van der Waals surface area contributed by atoms with Crippen LogP contribution < -0.4 is 10.6 Å². The van der Waals surface area contributed by atoms with E-state index < -0.39 is 11.7 Å². The van der Waals surface area contributed by atoms with Crippen LogP contribution in [0.25, 0.3) is 0 Å². The third-order valence-electron chi connectivity index (χ3n) is 4.03. The Hall–Kier alpha value is -2.09. The Morgan fingerprint density at radius 1 is 1.17 bits per heavy atom. The number of hydrogen-bond acceptors (Lipinski definition) is 2. The van der Waals surface area contributed by atoms with E-state index in [9.17, 15) is 13.2 Å². The first-order chi connectivity index (χ1) is 11.4. The number of anilines is 2. The van der Waals surface area contributed by atoms with Crippen LogP contribution in [0, 0.1) is 0 Å². The molecule has 0 atom stereocenters. The lowest BCUT2D eigenvalue weighted by Crippen LogP contribution is -2.22. The highest BCUT2D eigenvalue weighted by Crippen LogP contribution is 2.32. The first-order valence-electron chi connectivity index (χ1n) is 7.72. The summed E-state index contributed by atoms with van der Waals surface area (Å²) in [5.41, 5.74) is -0.430. The zero-order valence-corrected chi connectivity index (χ0v) is 13.6. The molecule has 0 amide bonds. The average Bonchev–Trinajstić information content (AvgIpc) is 3.17. The summed E-state index contributed by atoms with van der Waals surface area (Å²) in [6.45, 7) is 0. The van der Waals surface area contributed by atoms with Crippen LogP contribution in [-0.4, -0.2) is 14.9 Å². The number of aromatic nitrogens is 2. The molecule has 0 unspecified atom stereocenters. The first kappa shape index (κ1) is 16.8. The van der Waals surface area contributed by atoms with Gasteiger partial charge in [-0.15, -0.1) is 0 Å². The molecule has 24 heavy (non-hydrogen) atoms. The smallest absolute Gasteiger partial charge is 0.332 e. The molecule has 1 saturated carbocycles. The van der Waals surface area contributed by atoms with Gasteiger partial charge in [0.1, 0.15) is 5.82 Å². The molecule has 128 valence electrons. The predicted octanol–water partition coefficient (Wildman–Crippen LogP) is 4.83. The molecule has 0 aliphatic heterocycles. The van der Waals surface area contributed by atoms with Gasteiger partial charge < -0.3 is 10.6 Å². The van der Waals surface area contributed by atoms with Gasteiger partial charge in [0.25, 0.3) is 0 Å². The summed E-state index contributed by atoms with van der Waals surface area (Å²) in [6.07, 6.45) is 1.81. The second-order valence-electron chi connectivity index (χ2n) is 5.76. The van der Waals surface area contributed by atoms with Crippen molar-refractivity contribution in [1.29, 1.82) is 0 Å². The molecule has 2 N–H and O–H groups in total. The van der Waals surface area contributed by atoms with E-state index in [0.29, 0.717) is 6.04 Å². The van der Waals surface area contributed by atoms with Crippen molar-refractivity contribution in [2.24, 2.45) is 0 Å². The van der Waals surface area contributed by atoms with E-state index in [1.54, 1.807) is 12.3 Å². The molecular formula is C16H17F3N4S. The SMILES string of the molecule is FC(F)(F)c1cccc(NC(=S)Nc2ccnn2C2CCCC2)c1. The molecule has 1 aromatic carbocycles. The summed E-state index contributed by atoms with van der Waals surface area (Å²) in [5, 5.41) is 10.4. The molecule has 1 aliphatic rings. The van der Waals surface area contributed by atoms with Crippen molar-refractivity contribution in [3.05, 3.63) is 42.1 Å². The molecule has 1 fully saturated rings. The third-order valence-corrected chi connectivity index (χ3v) is 4.23. The molecule has 0 radical (unpaired) electrons. The normalized spacial score (nSPS) is 15.5. The van der Waals surface area contributed by atoms with E-state index in [2.05, 4.69) is 15.7 Å². The van der Waals surface area contributed by atoms with Gasteiger partial charge in [-0.1, -0.05) is 18.9 Å². The minimum Gasteiger partial charge on any atom is -0.332 e. The Balaban J connectivity index is 1.67. The van der Waals surface area contributed by atoms with Gasteiger partial charge in [-0.2, -0.15) is 18.3 Å². The standard InChI is InChI=1S/C16H17F3N4S/c17-16(18,19)11-4-3-5-12(10-11)21-15(24)22-14-8-9-20-23(14)13-6-1-2-7-13/h3-5,8-10,13H,1-2,6-7H2,(H2,21,22,24). The van der Waals surface area contributed by atoms with E-state index in [4.69, 9.17) is 12.2 Å². The van der Waals surface area contributed by atoms with E-state index in [1.807, 2.05) is 4.68 Å². The second-order valence-corrected chi connectivity index (χ2v) is 6.17. The fourth-order valence-corrected chi connectivity index (χ4v) is 3.13. The quantitative estimate of drug-likeness (QED) is 0.775. The predicted molar refractivity (Wildman–Crippen MR) is 91.0 cm³/mol. The van der Waals surface area contributed by atoms with Crippen LogP contribution in [0.3, 0.4) is 0 Å². The monoisotopic (exact) mass is 354 g/mol. The van der Waals surface area contributed by atoms with Crippen molar-refractivity contribution < 1.29 is 13.2 Å². The minimum atomic E-state index is -4.38. The first-order valence-corrected chi connectivity index (χ1v) is 8.13. The number of alkyl halides is 3. The summed E-state index contributed by atoms with van der Waals surface area (Å²) < 4.78 is 40.1. The van der Waals surface area contributed by atoms with Crippen LogP contribution in [0.4, 0.5) is 24.7 Å². The molecule has 0 saturated heterocycles. The highest BCUT2D eigenvalue weighted by atomic mass is 32.1. The van der Waals surface area contributed by atoms with Crippen molar-refractivity contribution in [1.82, 2.24) is 9.78 Å². The van der Waals surface area contributed by atoms with Gasteiger partial charge in [-0.3, -0.25) is 0 Å². The van der Waals surface area contributed by atoms with Crippen LogP contribution in [0.1, 0.15) is 37.3 Å². The van der Waals surface area contributed by atoms with Crippen molar-refractivity contribution in [3.63, 3.8) is 0 Å². The minimum absolute atomic E-state index is 0.231. The average molecular weight is 354 g/mol. The van der Waals surface area contributed by atoms with Crippen LogP contribution in [0.15, 0.2) is 36.5 Å². The summed E-state index contributed by atoms with van der Waals surface area (Å²) in [6, 6.07) is 7.09. The molecular weight excluding hydrogens is 337 g/mol. The number of nitrogens with one attached hydrogen (secondary N) is 2. The zero-order chi connectivity index (χ0) is 17.2. The largest absolute Gasteiger partial charge is 0.416 e. The van der Waals surface area contributed by atoms with Crippen LogP contribution in [-0.2, 0) is 6.18 Å². The van der Waals surface area contributed by atoms with E-state index >= 15 is 0 Å². The summed E-state index contributed by atoms with van der Waals surface area (Å²) in [7, 11) is 0. The van der Waals surface area contributed by atoms with Gasteiger partial charge in [0.2, 0.25) is 0 Å². The Morgan fingerprint density at radius 3 is 2.62 bits per heavy atom. The number of nitrogens with zero attached hydrogens (tertiary/aromatic N) is 2. The van der Waals surface area contributed by atoms with Crippen molar-refractivity contribution in [2.75, 3.05) is 10.6 Å². The van der Waals surface area contributed by atoms with Gasteiger partial charge in [0, 0.05) is 11.8 Å². The lowest BCUT2D eigenvalue weighted by Gasteiger charge is -2.16. The number of benzene rings is 1. The fraction of sp³-hybridized carbons (Fsp3) is 0.375. The molecule has 8 heteroatoms. The topological polar surface area (TPSA) is 41.9 Å². The molecule has 1 aromatic heterocycles. The zero-order valence-electron chi connectivity index (χ0n) is 12.8. The Morgan fingerprint density at radius 2 is 1.92 bits per heavy atom. The third kappa shape index (κ3) is 3.87. The Kier molecular flexibility index (Phi) is 4.75. The van der Waals surface area contributed by atoms with E-state index in [1.165, 1.54) is 25.0 Å². The van der Waals surface area contributed by atoms with Crippen molar-refractivity contribution in [3.8, 4) is 0 Å². The Labute approximate surface area is 143 Å². The number of thiocarbonyl (C=S) groups is 1. The molecule has 4 nitrogen and oxygen atoms in total. The number of halogens is 3. The lowest BCUT2D eigenvalue weighted by atomic mass is 10.2. The second kappa shape index (κ2) is 6.80. The Bertz CT molecular complexity index is 720. The van der Waals surface area contributed by atoms with E-state index in [0.717, 1.165) is 30.8 Å². The van der Waals surface area contributed by atoms with Gasteiger partial charge in [-0.05, 0) is 43.3 Å². The molecule has 0 spiro atoms. The number of hydrogen-bond donors (Lipinski definition) is 2. The summed E-state index contributed by atoms with van der Waals surface area (Å²) in [4.78, 5) is 0.